The minimum atomic E-state index is 0.0215. The molecule has 0 aliphatic rings. The summed E-state index contributed by atoms with van der Waals surface area (Å²) in [5, 5.41) is 0. The first-order chi connectivity index (χ1) is 7.00. The highest BCUT2D eigenvalue weighted by molar-refractivity contribution is 5.26. The second-order valence-electron chi connectivity index (χ2n) is 4.39. The average molecular weight is 208 g/mol. The number of nitrogens with two attached hydrogens (primary N) is 1. The second kappa shape index (κ2) is 5.12. The highest BCUT2D eigenvalue weighted by Gasteiger charge is 2.11. The van der Waals surface area contributed by atoms with Gasteiger partial charge in [-0.2, -0.15) is 0 Å². The highest BCUT2D eigenvalue weighted by Crippen LogP contribution is 2.22. The molecule has 3 heteroatoms. The van der Waals surface area contributed by atoms with Crippen molar-refractivity contribution in [2.75, 3.05) is 0 Å². The van der Waals surface area contributed by atoms with E-state index in [1.54, 1.807) is 12.4 Å². The van der Waals surface area contributed by atoms with E-state index in [1.165, 1.54) is 0 Å². The molecule has 0 spiro atoms. The number of aromatic nitrogens is 1. The molecule has 0 amide bonds. The zero-order chi connectivity index (χ0) is 11.4. The minimum absolute atomic E-state index is 0.0215. The van der Waals surface area contributed by atoms with Crippen LogP contribution in [-0.2, 0) is 0 Å². The van der Waals surface area contributed by atoms with Gasteiger partial charge in [0.15, 0.2) is 0 Å². The molecule has 3 nitrogen and oxygen atoms in total. The highest BCUT2D eigenvalue weighted by atomic mass is 16.5. The molecule has 1 aromatic rings. The van der Waals surface area contributed by atoms with Crippen molar-refractivity contribution in [3.8, 4) is 5.75 Å². The van der Waals surface area contributed by atoms with E-state index in [0.717, 1.165) is 11.3 Å². The van der Waals surface area contributed by atoms with Crippen LogP contribution in [0.3, 0.4) is 0 Å². The molecule has 15 heavy (non-hydrogen) atoms. The van der Waals surface area contributed by atoms with Crippen LogP contribution in [0.1, 0.15) is 39.3 Å². The van der Waals surface area contributed by atoms with Crippen LogP contribution in [-0.4, -0.2) is 11.1 Å². The molecule has 1 unspecified atom stereocenters. The molecule has 1 rings (SSSR count). The van der Waals surface area contributed by atoms with Crippen molar-refractivity contribution < 1.29 is 4.74 Å². The normalized spacial score (nSPS) is 13.3. The molecule has 0 bridgehead atoms. The maximum atomic E-state index is 6.04. The Labute approximate surface area is 91.7 Å². The molecule has 1 heterocycles. The topological polar surface area (TPSA) is 48.1 Å². The van der Waals surface area contributed by atoms with Crippen LogP contribution in [0.5, 0.6) is 5.75 Å². The quantitative estimate of drug-likeness (QED) is 0.827. The summed E-state index contributed by atoms with van der Waals surface area (Å²) >= 11 is 0. The van der Waals surface area contributed by atoms with Gasteiger partial charge in [0.25, 0.3) is 0 Å². The molecule has 0 saturated heterocycles. The Morgan fingerprint density at radius 1 is 1.20 bits per heavy atom. The Morgan fingerprint density at radius 2 is 1.87 bits per heavy atom. The number of hydrogen-bond donors (Lipinski definition) is 1. The van der Waals surface area contributed by atoms with Crippen LogP contribution in [0, 0.1) is 5.92 Å². The fourth-order valence-electron chi connectivity index (χ4n) is 1.34. The van der Waals surface area contributed by atoms with Crippen molar-refractivity contribution in [3.63, 3.8) is 0 Å². The minimum Gasteiger partial charge on any atom is -0.489 e. The zero-order valence-electron chi connectivity index (χ0n) is 9.90. The van der Waals surface area contributed by atoms with Gasteiger partial charge in [-0.1, -0.05) is 13.8 Å². The lowest BCUT2D eigenvalue weighted by Crippen LogP contribution is -2.17. The van der Waals surface area contributed by atoms with Crippen molar-refractivity contribution >= 4 is 0 Å². The van der Waals surface area contributed by atoms with E-state index in [-0.39, 0.29) is 12.1 Å². The third-order valence-electron chi connectivity index (χ3n) is 2.21. The summed E-state index contributed by atoms with van der Waals surface area (Å²) in [7, 11) is 0. The monoisotopic (exact) mass is 208 g/mol. The first kappa shape index (κ1) is 12.0. The van der Waals surface area contributed by atoms with Crippen LogP contribution in [0.25, 0.3) is 0 Å². The molecule has 2 N–H and O–H groups in total. The lowest BCUT2D eigenvalue weighted by atomic mass is 9.99. The number of nitrogens with zero attached hydrogens (tertiary/aromatic N) is 1. The summed E-state index contributed by atoms with van der Waals surface area (Å²) in [6, 6.07) is 1.99. The van der Waals surface area contributed by atoms with Crippen LogP contribution in [0.15, 0.2) is 18.5 Å². The van der Waals surface area contributed by atoms with Gasteiger partial charge in [0.2, 0.25) is 0 Å². The number of ether oxygens (including phenoxy) is 1. The fraction of sp³-hybridized carbons (Fsp3) is 0.583. The van der Waals surface area contributed by atoms with Gasteiger partial charge in [0.05, 0.1) is 12.3 Å². The smallest absolute Gasteiger partial charge is 0.138 e. The Morgan fingerprint density at radius 3 is 2.40 bits per heavy atom. The average Bonchev–Trinajstić information content (AvgIpc) is 2.16. The van der Waals surface area contributed by atoms with Crippen molar-refractivity contribution in [3.05, 3.63) is 24.0 Å². The van der Waals surface area contributed by atoms with E-state index in [9.17, 15) is 0 Å². The van der Waals surface area contributed by atoms with Crippen LogP contribution < -0.4 is 10.5 Å². The SMILES string of the molecule is CC(C)Oc1cncc(C(N)C(C)C)c1. The lowest BCUT2D eigenvalue weighted by Gasteiger charge is -2.17. The standard InChI is InChI=1S/C12H20N2O/c1-8(2)12(13)10-5-11(7-14-6-10)15-9(3)4/h5-9,12H,13H2,1-4H3. The molecule has 0 saturated carbocycles. The van der Waals surface area contributed by atoms with Gasteiger partial charge >= 0.3 is 0 Å². The maximum absolute atomic E-state index is 6.04. The summed E-state index contributed by atoms with van der Waals surface area (Å²) in [6.07, 6.45) is 3.69. The molecule has 1 atom stereocenters. The first-order valence-electron chi connectivity index (χ1n) is 5.38. The third-order valence-corrected chi connectivity index (χ3v) is 2.21. The maximum Gasteiger partial charge on any atom is 0.138 e. The Kier molecular flexibility index (Phi) is 4.09. The summed E-state index contributed by atoms with van der Waals surface area (Å²) in [5.74, 6) is 1.19. The fourth-order valence-corrected chi connectivity index (χ4v) is 1.34. The molecular formula is C12H20N2O. The van der Waals surface area contributed by atoms with Crippen LogP contribution >= 0.6 is 0 Å². The van der Waals surface area contributed by atoms with Crippen molar-refractivity contribution in [2.45, 2.75) is 39.8 Å². The lowest BCUT2D eigenvalue weighted by molar-refractivity contribution is 0.241. The predicted molar refractivity (Wildman–Crippen MR) is 61.8 cm³/mol. The van der Waals surface area contributed by atoms with E-state index in [4.69, 9.17) is 10.5 Å². The number of rotatable bonds is 4. The number of hydrogen-bond acceptors (Lipinski definition) is 3. The summed E-state index contributed by atoms with van der Waals surface area (Å²) in [4.78, 5) is 4.14. The molecule has 84 valence electrons. The summed E-state index contributed by atoms with van der Waals surface area (Å²) < 4.78 is 5.57. The van der Waals surface area contributed by atoms with E-state index in [1.807, 2.05) is 19.9 Å². The van der Waals surface area contributed by atoms with Crippen molar-refractivity contribution in [1.82, 2.24) is 4.98 Å². The second-order valence-corrected chi connectivity index (χ2v) is 4.39. The van der Waals surface area contributed by atoms with Gasteiger partial charge in [0.1, 0.15) is 5.75 Å². The van der Waals surface area contributed by atoms with Gasteiger partial charge < -0.3 is 10.5 Å². The third kappa shape index (κ3) is 3.51. The van der Waals surface area contributed by atoms with E-state index in [0.29, 0.717) is 5.92 Å². The molecule has 0 aliphatic heterocycles. The molecule has 0 radical (unpaired) electrons. The van der Waals surface area contributed by atoms with Crippen LogP contribution in [0.2, 0.25) is 0 Å². The number of pyridine rings is 1. The van der Waals surface area contributed by atoms with E-state index < -0.39 is 0 Å². The van der Waals surface area contributed by atoms with E-state index in [2.05, 4.69) is 18.8 Å². The van der Waals surface area contributed by atoms with Crippen LogP contribution in [0.4, 0.5) is 0 Å². The Bertz CT molecular complexity index is 310. The molecular weight excluding hydrogens is 188 g/mol. The van der Waals surface area contributed by atoms with Gasteiger partial charge in [-0.25, -0.2) is 0 Å². The van der Waals surface area contributed by atoms with Gasteiger partial charge in [-0.3, -0.25) is 4.98 Å². The van der Waals surface area contributed by atoms with Gasteiger partial charge in [0, 0.05) is 12.2 Å². The van der Waals surface area contributed by atoms with Crippen molar-refractivity contribution in [1.29, 1.82) is 0 Å². The molecule has 0 fully saturated rings. The van der Waals surface area contributed by atoms with Gasteiger partial charge in [-0.05, 0) is 31.4 Å². The molecule has 0 aliphatic carbocycles. The predicted octanol–water partition coefficient (Wildman–Crippen LogP) is 2.52. The zero-order valence-corrected chi connectivity index (χ0v) is 9.90. The van der Waals surface area contributed by atoms with E-state index >= 15 is 0 Å². The Balaban J connectivity index is 2.82. The first-order valence-corrected chi connectivity index (χ1v) is 5.38. The summed E-state index contributed by atoms with van der Waals surface area (Å²) in [6.45, 7) is 8.19. The largest absolute Gasteiger partial charge is 0.489 e. The molecule has 1 aromatic heterocycles. The molecule has 0 aromatic carbocycles. The van der Waals surface area contributed by atoms with Crippen molar-refractivity contribution in [2.24, 2.45) is 11.7 Å². The van der Waals surface area contributed by atoms with Gasteiger partial charge in [-0.15, -0.1) is 0 Å². The Hall–Kier alpha value is -1.09. The summed E-state index contributed by atoms with van der Waals surface area (Å²) in [5.41, 5.74) is 7.07.